The van der Waals surface area contributed by atoms with Gasteiger partial charge in [-0.1, -0.05) is 6.42 Å². The zero-order chi connectivity index (χ0) is 23.5. The van der Waals surface area contributed by atoms with Crippen LogP contribution in [0.2, 0.25) is 0 Å². The van der Waals surface area contributed by atoms with E-state index in [0.717, 1.165) is 43.2 Å². The van der Waals surface area contributed by atoms with Gasteiger partial charge in [0.1, 0.15) is 18.2 Å². The van der Waals surface area contributed by atoms with Crippen molar-refractivity contribution in [2.24, 2.45) is 5.92 Å². The molecule has 4 heterocycles. The van der Waals surface area contributed by atoms with Gasteiger partial charge < -0.3 is 15.0 Å². The molecule has 34 heavy (non-hydrogen) atoms. The quantitative estimate of drug-likeness (QED) is 0.549. The van der Waals surface area contributed by atoms with Crippen molar-refractivity contribution in [3.63, 3.8) is 0 Å². The molecule has 0 bridgehead atoms. The molecule has 5 rings (SSSR count). The van der Waals surface area contributed by atoms with Gasteiger partial charge in [0.05, 0.1) is 13.3 Å². The number of aromatic nitrogens is 5. The van der Waals surface area contributed by atoms with Gasteiger partial charge in [-0.2, -0.15) is 0 Å². The van der Waals surface area contributed by atoms with Crippen LogP contribution in [0.3, 0.4) is 0 Å². The Bertz CT molecular complexity index is 1170. The van der Waals surface area contributed by atoms with Crippen molar-refractivity contribution in [1.29, 1.82) is 0 Å². The summed E-state index contributed by atoms with van der Waals surface area (Å²) in [6, 6.07) is 6.12. The summed E-state index contributed by atoms with van der Waals surface area (Å²) in [4.78, 5) is 23.9. The first-order valence-corrected chi connectivity index (χ1v) is 12.2. The van der Waals surface area contributed by atoms with Crippen LogP contribution in [0.5, 0.6) is 5.75 Å². The molecular formula is C25H33N7O2. The van der Waals surface area contributed by atoms with Crippen LogP contribution < -0.4 is 20.5 Å². The molecule has 2 atom stereocenters. The van der Waals surface area contributed by atoms with Gasteiger partial charge in [0.25, 0.3) is 5.56 Å². The van der Waals surface area contributed by atoms with E-state index in [2.05, 4.69) is 25.3 Å². The van der Waals surface area contributed by atoms with Crippen LogP contribution in [0, 0.1) is 5.92 Å². The van der Waals surface area contributed by atoms with E-state index in [4.69, 9.17) is 4.74 Å². The summed E-state index contributed by atoms with van der Waals surface area (Å²) in [5.74, 6) is 2.04. The normalized spacial score (nSPS) is 19.6. The first kappa shape index (κ1) is 22.6. The molecule has 2 fully saturated rings. The summed E-state index contributed by atoms with van der Waals surface area (Å²) in [7, 11) is 1.60. The Labute approximate surface area is 199 Å². The lowest BCUT2D eigenvalue weighted by Gasteiger charge is -2.36. The number of methoxy groups -OCH3 is 1. The summed E-state index contributed by atoms with van der Waals surface area (Å²) >= 11 is 0. The number of rotatable bonds is 8. The van der Waals surface area contributed by atoms with Gasteiger partial charge in [-0.05, 0) is 57.2 Å². The highest BCUT2D eigenvalue weighted by Gasteiger charge is 2.23. The summed E-state index contributed by atoms with van der Waals surface area (Å²) in [6.45, 7) is 5.00. The number of pyridine rings is 2. The molecule has 180 valence electrons. The average molecular weight is 464 g/mol. The molecule has 1 N–H and O–H groups in total. The lowest BCUT2D eigenvalue weighted by molar-refractivity contribution is 0.280. The Morgan fingerprint density at radius 2 is 2.09 bits per heavy atom. The third-order valence-corrected chi connectivity index (χ3v) is 7.14. The van der Waals surface area contributed by atoms with Gasteiger partial charge in [0, 0.05) is 48.8 Å². The van der Waals surface area contributed by atoms with Crippen molar-refractivity contribution < 1.29 is 4.74 Å². The third kappa shape index (κ3) is 4.84. The van der Waals surface area contributed by atoms with Crippen LogP contribution >= 0.6 is 0 Å². The van der Waals surface area contributed by atoms with E-state index in [-0.39, 0.29) is 11.7 Å². The average Bonchev–Trinajstić information content (AvgIpc) is 3.33. The van der Waals surface area contributed by atoms with Gasteiger partial charge in [0.2, 0.25) is 0 Å². The van der Waals surface area contributed by atoms with E-state index >= 15 is 0 Å². The van der Waals surface area contributed by atoms with E-state index in [1.54, 1.807) is 41.1 Å². The highest BCUT2D eigenvalue weighted by Crippen LogP contribution is 2.26. The van der Waals surface area contributed by atoms with Crippen molar-refractivity contribution in [2.45, 2.75) is 51.2 Å². The van der Waals surface area contributed by atoms with E-state index in [1.165, 1.54) is 25.7 Å². The van der Waals surface area contributed by atoms with Gasteiger partial charge in [0.15, 0.2) is 5.82 Å². The zero-order valence-electron chi connectivity index (χ0n) is 19.9. The number of nitrogens with one attached hydrogen (secondary N) is 1. The highest BCUT2D eigenvalue weighted by molar-refractivity contribution is 5.54. The predicted octanol–water partition coefficient (Wildman–Crippen LogP) is 2.94. The van der Waals surface area contributed by atoms with Gasteiger partial charge in [-0.15, -0.1) is 5.10 Å². The molecule has 9 nitrogen and oxygen atoms in total. The predicted molar refractivity (Wildman–Crippen MR) is 131 cm³/mol. The van der Waals surface area contributed by atoms with Crippen LogP contribution in [0.4, 0.5) is 5.69 Å². The first-order chi connectivity index (χ1) is 16.6. The second kappa shape index (κ2) is 9.97. The lowest BCUT2D eigenvalue weighted by Crippen LogP contribution is -2.47. The van der Waals surface area contributed by atoms with E-state index in [0.29, 0.717) is 17.6 Å². The fourth-order valence-corrected chi connectivity index (χ4v) is 4.76. The smallest absolute Gasteiger partial charge is 0.254 e. The number of anilines is 1. The van der Waals surface area contributed by atoms with Crippen LogP contribution in [-0.2, 0) is 0 Å². The number of hydrogen-bond acceptors (Lipinski definition) is 7. The van der Waals surface area contributed by atoms with Crippen LogP contribution in [0.15, 0.2) is 47.9 Å². The molecule has 3 aromatic heterocycles. The Morgan fingerprint density at radius 3 is 2.85 bits per heavy atom. The molecule has 1 aliphatic carbocycles. The molecule has 1 unspecified atom stereocenters. The Balaban J connectivity index is 1.27. The first-order valence-electron chi connectivity index (χ1n) is 12.2. The molecule has 0 spiro atoms. The largest absolute Gasteiger partial charge is 0.495 e. The molecule has 2 aliphatic rings. The Morgan fingerprint density at radius 1 is 1.21 bits per heavy atom. The maximum absolute atomic E-state index is 13.0. The summed E-state index contributed by atoms with van der Waals surface area (Å²) < 4.78 is 8.61. The fourth-order valence-electron chi connectivity index (χ4n) is 4.76. The summed E-state index contributed by atoms with van der Waals surface area (Å²) in [5, 5.41) is 8.33. The number of piperidine rings is 1. The Kier molecular flexibility index (Phi) is 6.62. The minimum atomic E-state index is -0.306. The van der Waals surface area contributed by atoms with E-state index in [1.807, 2.05) is 25.3 Å². The summed E-state index contributed by atoms with van der Waals surface area (Å²) in [5.41, 5.74) is 1.71. The maximum atomic E-state index is 13.0. The van der Waals surface area contributed by atoms with Gasteiger partial charge in [-0.25, -0.2) is 9.67 Å². The number of ether oxygens (including phenoxy) is 1. The van der Waals surface area contributed by atoms with Crippen LogP contribution in [0.25, 0.3) is 11.4 Å². The van der Waals surface area contributed by atoms with Crippen molar-refractivity contribution in [1.82, 2.24) is 29.6 Å². The highest BCUT2D eigenvalue weighted by atomic mass is 16.5. The topological polar surface area (TPSA) is 90.1 Å². The summed E-state index contributed by atoms with van der Waals surface area (Å²) in [6.07, 6.45) is 13.0. The minimum Gasteiger partial charge on any atom is -0.495 e. The second-order valence-electron chi connectivity index (χ2n) is 9.41. The molecule has 1 saturated carbocycles. The lowest BCUT2D eigenvalue weighted by atomic mass is 9.85. The second-order valence-corrected chi connectivity index (χ2v) is 9.41. The van der Waals surface area contributed by atoms with Crippen molar-refractivity contribution >= 4 is 5.69 Å². The molecular weight excluding hydrogens is 430 g/mol. The number of hydrogen-bond donors (Lipinski definition) is 1. The Hall–Kier alpha value is -3.20. The van der Waals surface area contributed by atoms with E-state index in [9.17, 15) is 4.79 Å². The third-order valence-electron chi connectivity index (χ3n) is 7.14. The van der Waals surface area contributed by atoms with Crippen LogP contribution in [0.1, 0.15) is 45.2 Å². The van der Waals surface area contributed by atoms with Crippen molar-refractivity contribution in [3.05, 3.63) is 53.5 Å². The van der Waals surface area contributed by atoms with Crippen LogP contribution in [-0.4, -0.2) is 57.1 Å². The van der Waals surface area contributed by atoms with Crippen molar-refractivity contribution in [2.75, 3.05) is 31.6 Å². The van der Waals surface area contributed by atoms with E-state index < -0.39 is 0 Å². The molecule has 0 radical (unpaired) electrons. The standard InChI is InChI=1S/C25H33N7O2/c1-18(32-17-28-25(29-32)20-11-23(34-2)15-26-14-20)31-10-8-22(12-24(31)33)30-9-4-7-21(16-30)27-13-19-5-3-6-19/h8,10-12,14-15,17-19,21,27H,3-7,9,13,16H2,1-2H3/t18?,21-/m1/s1. The van der Waals surface area contributed by atoms with Gasteiger partial charge in [-0.3, -0.25) is 14.3 Å². The molecule has 0 amide bonds. The molecule has 9 heteroatoms. The maximum Gasteiger partial charge on any atom is 0.254 e. The fraction of sp³-hybridized carbons (Fsp3) is 0.520. The molecule has 1 aliphatic heterocycles. The number of nitrogens with zero attached hydrogens (tertiary/aromatic N) is 6. The van der Waals surface area contributed by atoms with Crippen molar-refractivity contribution in [3.8, 4) is 17.1 Å². The zero-order valence-corrected chi connectivity index (χ0v) is 19.9. The molecule has 3 aromatic rings. The monoisotopic (exact) mass is 463 g/mol. The van der Waals surface area contributed by atoms with Gasteiger partial charge >= 0.3 is 0 Å². The molecule has 0 aromatic carbocycles. The minimum absolute atomic E-state index is 0.0466. The SMILES string of the molecule is COc1cncc(-c2ncn(C(C)n3ccc(N4CCC[C@@H](NCC5CCC5)C4)cc3=O)n2)c1. The molecule has 1 saturated heterocycles.